The van der Waals surface area contributed by atoms with Crippen LogP contribution in [0.25, 0.3) is 22.1 Å². The average molecular weight is 954 g/mol. The number of hydrogen-bond acceptors (Lipinski definition) is 11. The maximum Gasteiger partial charge on any atom is 0.341 e. The van der Waals surface area contributed by atoms with Gasteiger partial charge in [-0.3, -0.25) is 30.2 Å². The molecule has 24 heteroatoms. The molecule has 0 amide bonds. The van der Waals surface area contributed by atoms with Crippen LogP contribution in [0, 0.1) is 18.6 Å². The summed E-state index contributed by atoms with van der Waals surface area (Å²) in [4.78, 5) is 67.3. The van der Waals surface area contributed by atoms with E-state index in [-0.39, 0.29) is 95.6 Å². The van der Waals surface area contributed by atoms with E-state index in [2.05, 4.69) is 40.6 Å². The number of rotatable bonds is 14. The van der Waals surface area contributed by atoms with Gasteiger partial charge in [0.25, 0.3) is 0 Å². The summed E-state index contributed by atoms with van der Waals surface area (Å²) in [6.45, 7) is 3.50. The van der Waals surface area contributed by atoms with E-state index in [1.54, 1.807) is 27.5 Å². The molecule has 4 aromatic heterocycles. The van der Waals surface area contributed by atoms with Crippen LogP contribution in [0.3, 0.4) is 0 Å². The largest absolute Gasteiger partial charge is 0.477 e. The summed E-state index contributed by atoms with van der Waals surface area (Å²) < 4.78 is 34.4. The van der Waals surface area contributed by atoms with Gasteiger partial charge in [0.15, 0.2) is 52.5 Å². The van der Waals surface area contributed by atoms with Crippen molar-refractivity contribution in [3.05, 3.63) is 67.7 Å². The number of alkyl halides is 2. The smallest absolute Gasteiger partial charge is 0.341 e. The van der Waals surface area contributed by atoms with E-state index < -0.39 is 51.4 Å². The fraction of sp³-hybridized carbons (Fsp3) is 0.500. The van der Waals surface area contributed by atoms with Gasteiger partial charge in [0.2, 0.25) is 5.43 Å². The number of unbranched alkanes of at least 4 members (excludes halogenated alkanes) is 3. The number of aryl methyl sites for hydroxylation is 1. The number of halogens is 4. The number of aromatic carboxylic acids is 1. The predicted octanol–water partition coefficient (Wildman–Crippen LogP) is 2.35. The number of fused-ring (bicyclic) bond motifs is 2. The summed E-state index contributed by atoms with van der Waals surface area (Å²) in [5.41, 5.74) is 24.1. The molecule has 66 heavy (non-hydrogen) atoms. The van der Waals surface area contributed by atoms with E-state index in [4.69, 9.17) is 46.1 Å². The molecule has 0 radical (unpaired) electrons. The molecule has 8 rings (SSSR count). The summed E-state index contributed by atoms with van der Waals surface area (Å²) in [7, 11) is 0. The van der Waals surface area contributed by atoms with Gasteiger partial charge in [0, 0.05) is 69.3 Å². The van der Waals surface area contributed by atoms with Crippen LogP contribution in [0.15, 0.2) is 54.1 Å². The molecule has 2 saturated heterocycles. The van der Waals surface area contributed by atoms with E-state index in [9.17, 15) is 19.5 Å². The number of nitrogens with zero attached hydrogens (tertiary/aromatic N) is 10. The number of hydrogen-bond donors (Lipinski definition) is 7. The molecule has 4 atom stereocenters. The Hall–Kier alpha value is -6.29. The van der Waals surface area contributed by atoms with Crippen molar-refractivity contribution in [3.8, 4) is 0 Å². The number of guanidine groups is 4. The molecule has 2 saturated carbocycles. The van der Waals surface area contributed by atoms with Gasteiger partial charge in [-0.1, -0.05) is 12.8 Å². The Balaban J connectivity index is 0.757. The molecule has 0 aromatic carbocycles. The lowest BCUT2D eigenvalue weighted by molar-refractivity contribution is 0.0694. The van der Waals surface area contributed by atoms with Gasteiger partial charge in [-0.15, -0.1) is 23.2 Å². The Morgan fingerprint density at radius 2 is 1.15 bits per heavy atom. The lowest BCUT2D eigenvalue weighted by atomic mass is 10.2. The number of pyridine rings is 4. The first-order valence-electron chi connectivity index (χ1n) is 21.8. The number of nitrogens with one attached hydrogen (secondary N) is 2. The van der Waals surface area contributed by atoms with Crippen LogP contribution in [-0.2, 0) is 0 Å². The second kappa shape index (κ2) is 19.3. The number of anilines is 2. The molecule has 2 aliphatic carbocycles. The molecule has 4 fully saturated rings. The summed E-state index contributed by atoms with van der Waals surface area (Å²) in [6, 6.07) is 1.48. The SMILES string of the molecule is Cc1cn(C2CC2)c2nc(N3CC(Cl)C(N=C(N)NC(N)=NCCCCCCN=C(N)NC(N)=NC4CN(c5nc6c(cc5F)c(=O)c(C(=O)O)cn6C5CC5)CC4Cl)C3)c(F)cc2c1=O. The van der Waals surface area contributed by atoms with Gasteiger partial charge in [0.1, 0.15) is 16.9 Å². The second-order valence-electron chi connectivity index (χ2n) is 17.1. The highest BCUT2D eigenvalue weighted by atomic mass is 35.5. The van der Waals surface area contributed by atoms with Crippen molar-refractivity contribution in [2.75, 3.05) is 49.1 Å². The molecule has 0 bridgehead atoms. The van der Waals surface area contributed by atoms with Crippen molar-refractivity contribution in [2.24, 2.45) is 42.9 Å². The molecule has 20 nitrogen and oxygen atoms in total. The van der Waals surface area contributed by atoms with Crippen LogP contribution in [-0.4, -0.2) is 116 Å². The topological polar surface area (TPSA) is 291 Å². The highest BCUT2D eigenvalue weighted by molar-refractivity contribution is 6.22. The molecular weight excluding hydrogens is 901 g/mol. The van der Waals surface area contributed by atoms with Gasteiger partial charge >= 0.3 is 5.97 Å². The van der Waals surface area contributed by atoms with Gasteiger partial charge in [0.05, 0.1) is 33.6 Å². The molecule has 4 aliphatic rings. The zero-order valence-corrected chi connectivity index (χ0v) is 37.7. The maximum absolute atomic E-state index is 15.4. The van der Waals surface area contributed by atoms with Gasteiger partial charge in [-0.05, 0) is 57.6 Å². The summed E-state index contributed by atoms with van der Waals surface area (Å²) in [5, 5.41) is 14.2. The van der Waals surface area contributed by atoms with Gasteiger partial charge < -0.3 is 47.0 Å². The number of nitrogens with two attached hydrogens (primary N) is 4. The Kier molecular flexibility index (Phi) is 13.5. The van der Waals surface area contributed by atoms with Gasteiger partial charge in [-0.2, -0.15) is 0 Å². The van der Waals surface area contributed by atoms with Crippen molar-refractivity contribution >= 4 is 86.7 Å². The van der Waals surface area contributed by atoms with Crippen LogP contribution < -0.4 is 54.2 Å². The lowest BCUT2D eigenvalue weighted by Crippen LogP contribution is -2.43. The molecule has 4 unspecified atom stereocenters. The first-order chi connectivity index (χ1) is 31.6. The first kappa shape index (κ1) is 46.2. The average Bonchev–Trinajstić information content (AvgIpc) is 4.21. The number of carboxylic acids is 1. The van der Waals surface area contributed by atoms with Crippen molar-refractivity contribution in [3.63, 3.8) is 0 Å². The van der Waals surface area contributed by atoms with E-state index in [1.165, 1.54) is 12.3 Å². The van der Waals surface area contributed by atoms with E-state index in [0.717, 1.165) is 57.4 Å². The standard InChI is InChI=1S/C42H52Cl2F2N16O4/c1-20-14-61(21-6-7-21)34-23(32(20)63)12-28(45)36(55-34)59-16-26(43)30(18-59)53-41(49)57-39(47)51-10-4-2-3-5-11-52-40(48)58-42(50)54-31-19-60(17-27(31)44)37-29(46)13-24-33(64)25(38(65)66)15-62(22-8-9-22)35(24)56-37/h12-15,21-22,26-27,30-31H,2-11,16-19H2,1H3,(H,65,66)(H5,47,49,51,53,57)(H5,48,50,52,54,58). The first-order valence-corrected chi connectivity index (χ1v) is 22.7. The Bertz CT molecular complexity index is 2790. The van der Waals surface area contributed by atoms with Crippen molar-refractivity contribution in [2.45, 2.75) is 93.2 Å². The van der Waals surface area contributed by atoms with Crippen molar-refractivity contribution in [1.82, 2.24) is 29.7 Å². The molecule has 2 aliphatic heterocycles. The quantitative estimate of drug-likeness (QED) is 0.0414. The zero-order valence-electron chi connectivity index (χ0n) is 36.1. The third-order valence-electron chi connectivity index (χ3n) is 12.0. The van der Waals surface area contributed by atoms with Gasteiger partial charge in [-0.25, -0.2) is 33.5 Å². The highest BCUT2D eigenvalue weighted by Gasteiger charge is 2.37. The lowest BCUT2D eigenvalue weighted by Gasteiger charge is -2.19. The van der Waals surface area contributed by atoms with E-state index in [1.807, 2.05) is 4.57 Å². The number of carbonyl (C=O) groups is 1. The molecule has 352 valence electrons. The molecule has 0 spiro atoms. The number of aromatic nitrogens is 4. The molecular formula is C42H52Cl2F2N16O4. The minimum atomic E-state index is -1.38. The Morgan fingerprint density at radius 1 is 0.712 bits per heavy atom. The Labute approximate surface area is 386 Å². The minimum Gasteiger partial charge on any atom is -0.477 e. The Morgan fingerprint density at radius 3 is 1.59 bits per heavy atom. The summed E-state index contributed by atoms with van der Waals surface area (Å²) >= 11 is 13.3. The minimum absolute atomic E-state index is 0.0161. The van der Waals surface area contributed by atoms with Crippen molar-refractivity contribution in [1.29, 1.82) is 0 Å². The van der Waals surface area contributed by atoms with E-state index in [0.29, 0.717) is 24.3 Å². The molecule has 11 N–H and O–H groups in total. The predicted molar refractivity (Wildman–Crippen MR) is 252 cm³/mol. The monoisotopic (exact) mass is 952 g/mol. The maximum atomic E-state index is 15.4. The third kappa shape index (κ3) is 10.2. The fourth-order valence-corrected chi connectivity index (χ4v) is 8.90. The number of carboxylic acid groups (broad SMARTS) is 1. The number of aliphatic imine (C=N–C) groups is 4. The summed E-state index contributed by atoms with van der Waals surface area (Å²) in [6.07, 6.45) is 9.79. The second-order valence-corrected chi connectivity index (χ2v) is 18.2. The van der Waals surface area contributed by atoms with Crippen LogP contribution in [0.1, 0.15) is 79.4 Å². The van der Waals surface area contributed by atoms with Crippen LogP contribution in [0.5, 0.6) is 0 Å². The van der Waals surface area contributed by atoms with Crippen molar-refractivity contribution < 1.29 is 18.7 Å². The zero-order chi connectivity index (χ0) is 47.0. The molecule has 4 aromatic rings. The highest BCUT2D eigenvalue weighted by Crippen LogP contribution is 2.39. The van der Waals surface area contributed by atoms with E-state index >= 15 is 8.78 Å². The van der Waals surface area contributed by atoms with Crippen LogP contribution in [0.2, 0.25) is 0 Å². The summed E-state index contributed by atoms with van der Waals surface area (Å²) in [5.74, 6) is -2.51. The van der Waals surface area contributed by atoms with Crippen LogP contribution >= 0.6 is 23.2 Å². The fourth-order valence-electron chi connectivity index (χ4n) is 8.29. The normalized spacial score (nSPS) is 22.0. The third-order valence-corrected chi connectivity index (χ3v) is 12.8. The molecule has 6 heterocycles. The van der Waals surface area contributed by atoms with Crippen LogP contribution in [0.4, 0.5) is 20.4 Å².